The molecule has 1 nitrogen and oxygen atoms in total. The number of hydrogen-bond donors (Lipinski definition) is 0. The molecule has 3 heteroatoms. The zero-order valence-corrected chi connectivity index (χ0v) is 10.5. The average Bonchev–Trinajstić information content (AvgIpc) is 2.26. The Bertz CT molecular complexity index is 370. The summed E-state index contributed by atoms with van der Waals surface area (Å²) in [6.07, 6.45) is 0. The van der Waals surface area contributed by atoms with E-state index in [2.05, 4.69) is 13.0 Å². The lowest BCUT2D eigenvalue weighted by molar-refractivity contribution is 0.759. The van der Waals surface area contributed by atoms with E-state index in [0.717, 1.165) is 21.8 Å². The topological polar surface area (TPSA) is 23.8 Å². The maximum atomic E-state index is 8.98. The zero-order valence-electron chi connectivity index (χ0n) is 8.96. The Balaban J connectivity index is 2.73. The van der Waals surface area contributed by atoms with Gasteiger partial charge in [0.2, 0.25) is 0 Å². The van der Waals surface area contributed by atoms with E-state index in [1.54, 1.807) is 11.8 Å². The maximum absolute atomic E-state index is 8.98. The highest BCUT2D eigenvalue weighted by atomic mass is 35.5. The quantitative estimate of drug-likeness (QED) is 0.589. The number of aryl methyl sites for hydroxylation is 1. The van der Waals surface area contributed by atoms with Crippen LogP contribution in [0, 0.1) is 24.2 Å². The van der Waals surface area contributed by atoms with Crippen LogP contribution in [0.1, 0.15) is 18.1 Å². The molecular formula is C12H14ClNS. The third-order valence-electron chi connectivity index (χ3n) is 2.04. The summed E-state index contributed by atoms with van der Waals surface area (Å²) in [5.74, 6) is 2.10. The minimum Gasteiger partial charge on any atom is -0.192 e. The molecule has 0 radical (unpaired) electrons. The second-order valence-corrected chi connectivity index (χ2v) is 5.05. The molecular weight excluding hydrogens is 226 g/mol. The maximum Gasteiger partial charge on any atom is 0.100 e. The van der Waals surface area contributed by atoms with Crippen LogP contribution in [0.25, 0.3) is 0 Å². The zero-order chi connectivity index (χ0) is 11.3. The lowest BCUT2D eigenvalue weighted by Gasteiger charge is -2.08. The fraction of sp³-hybridized carbons (Fsp3) is 0.417. The Morgan fingerprint density at radius 3 is 2.87 bits per heavy atom. The van der Waals surface area contributed by atoms with Crippen molar-refractivity contribution in [2.75, 3.05) is 11.6 Å². The monoisotopic (exact) mass is 239 g/mol. The number of halogens is 1. The third-order valence-corrected chi connectivity index (χ3v) is 3.97. The van der Waals surface area contributed by atoms with E-state index in [9.17, 15) is 0 Å². The van der Waals surface area contributed by atoms with Crippen molar-refractivity contribution < 1.29 is 0 Å². The smallest absolute Gasteiger partial charge is 0.100 e. The number of alkyl halides is 1. The van der Waals surface area contributed by atoms with Crippen LogP contribution in [0.4, 0.5) is 0 Å². The summed E-state index contributed by atoms with van der Waals surface area (Å²) in [5, 5.41) is 8.98. The fourth-order valence-electron chi connectivity index (χ4n) is 1.13. The summed E-state index contributed by atoms with van der Waals surface area (Å²) in [7, 11) is 0. The number of benzene rings is 1. The number of hydrogen-bond acceptors (Lipinski definition) is 2. The molecule has 0 spiro atoms. The summed E-state index contributed by atoms with van der Waals surface area (Å²) >= 11 is 7.44. The second-order valence-electron chi connectivity index (χ2n) is 3.68. The minimum absolute atomic E-state index is 0.476. The average molecular weight is 240 g/mol. The summed E-state index contributed by atoms with van der Waals surface area (Å²) in [5.41, 5.74) is 1.89. The molecule has 15 heavy (non-hydrogen) atoms. The standard InChI is InChI=1S/C12H14ClNS/c1-9-3-4-12(11(5-9)7-14)15-8-10(2)6-13/h3-5,10H,6,8H2,1-2H3. The minimum atomic E-state index is 0.476. The molecule has 1 atom stereocenters. The van der Waals surface area contributed by atoms with Crippen molar-refractivity contribution in [2.45, 2.75) is 18.7 Å². The Kier molecular flexibility index (Phi) is 5.01. The Morgan fingerprint density at radius 1 is 1.53 bits per heavy atom. The number of thioether (sulfide) groups is 1. The van der Waals surface area contributed by atoms with Gasteiger partial charge in [0.25, 0.3) is 0 Å². The molecule has 0 fully saturated rings. The van der Waals surface area contributed by atoms with Crippen molar-refractivity contribution in [1.29, 1.82) is 5.26 Å². The van der Waals surface area contributed by atoms with E-state index in [0.29, 0.717) is 11.8 Å². The van der Waals surface area contributed by atoms with Gasteiger partial charge in [0.1, 0.15) is 6.07 Å². The molecule has 80 valence electrons. The van der Waals surface area contributed by atoms with Gasteiger partial charge in [-0.2, -0.15) is 5.26 Å². The van der Waals surface area contributed by atoms with E-state index in [1.807, 2.05) is 25.1 Å². The molecule has 0 heterocycles. The molecule has 1 aromatic carbocycles. The summed E-state index contributed by atoms with van der Waals surface area (Å²) in [6.45, 7) is 4.11. The van der Waals surface area contributed by atoms with E-state index in [1.165, 1.54) is 0 Å². The van der Waals surface area contributed by atoms with Gasteiger partial charge in [-0.15, -0.1) is 23.4 Å². The molecule has 0 amide bonds. The first-order valence-electron chi connectivity index (χ1n) is 4.87. The molecule has 0 saturated carbocycles. The first kappa shape index (κ1) is 12.4. The van der Waals surface area contributed by atoms with Crippen LogP contribution < -0.4 is 0 Å². The molecule has 1 rings (SSSR count). The summed E-state index contributed by atoms with van der Waals surface area (Å²) < 4.78 is 0. The molecule has 1 aromatic rings. The highest BCUT2D eigenvalue weighted by Crippen LogP contribution is 2.25. The van der Waals surface area contributed by atoms with Gasteiger partial charge in [-0.05, 0) is 30.5 Å². The van der Waals surface area contributed by atoms with Gasteiger partial charge in [-0.1, -0.05) is 13.0 Å². The first-order chi connectivity index (χ1) is 7.17. The van der Waals surface area contributed by atoms with Crippen LogP contribution in [0.2, 0.25) is 0 Å². The van der Waals surface area contributed by atoms with E-state index < -0.39 is 0 Å². The number of nitriles is 1. The first-order valence-corrected chi connectivity index (χ1v) is 6.39. The van der Waals surface area contributed by atoms with Gasteiger partial charge in [-0.25, -0.2) is 0 Å². The van der Waals surface area contributed by atoms with Crippen LogP contribution >= 0.6 is 23.4 Å². The van der Waals surface area contributed by atoms with Crippen LogP contribution in [-0.2, 0) is 0 Å². The van der Waals surface area contributed by atoms with Crippen molar-refractivity contribution in [3.63, 3.8) is 0 Å². The largest absolute Gasteiger partial charge is 0.192 e. The van der Waals surface area contributed by atoms with Crippen LogP contribution in [0.15, 0.2) is 23.1 Å². The summed E-state index contributed by atoms with van der Waals surface area (Å²) in [6, 6.07) is 8.20. The van der Waals surface area contributed by atoms with Gasteiger partial charge in [0.15, 0.2) is 0 Å². The van der Waals surface area contributed by atoms with Crippen LogP contribution in [0.5, 0.6) is 0 Å². The van der Waals surface area contributed by atoms with Gasteiger partial charge >= 0.3 is 0 Å². The van der Waals surface area contributed by atoms with Gasteiger partial charge in [0.05, 0.1) is 5.56 Å². The molecule has 0 aliphatic heterocycles. The van der Waals surface area contributed by atoms with Crippen molar-refractivity contribution in [1.82, 2.24) is 0 Å². The van der Waals surface area contributed by atoms with E-state index in [-0.39, 0.29) is 0 Å². The Morgan fingerprint density at radius 2 is 2.27 bits per heavy atom. The predicted octanol–water partition coefficient (Wildman–Crippen LogP) is 3.83. The van der Waals surface area contributed by atoms with E-state index >= 15 is 0 Å². The SMILES string of the molecule is Cc1ccc(SCC(C)CCl)c(C#N)c1. The Labute approximate surface area is 100 Å². The Hall–Kier alpha value is -0.650. The molecule has 0 saturated heterocycles. The van der Waals surface area contributed by atoms with Crippen molar-refractivity contribution in [3.05, 3.63) is 29.3 Å². The van der Waals surface area contributed by atoms with Crippen molar-refractivity contribution >= 4 is 23.4 Å². The number of rotatable bonds is 4. The third kappa shape index (κ3) is 3.77. The second kappa shape index (κ2) is 6.05. The van der Waals surface area contributed by atoms with Crippen molar-refractivity contribution in [2.24, 2.45) is 5.92 Å². The van der Waals surface area contributed by atoms with Gasteiger partial charge < -0.3 is 0 Å². The molecule has 0 N–H and O–H groups in total. The molecule has 0 aliphatic rings. The molecule has 0 aromatic heterocycles. The van der Waals surface area contributed by atoms with Crippen molar-refractivity contribution in [3.8, 4) is 6.07 Å². The van der Waals surface area contributed by atoms with Gasteiger partial charge in [0, 0.05) is 16.5 Å². The molecule has 0 bridgehead atoms. The normalized spacial score (nSPS) is 12.1. The highest BCUT2D eigenvalue weighted by Gasteiger charge is 2.05. The molecule has 0 aliphatic carbocycles. The van der Waals surface area contributed by atoms with E-state index in [4.69, 9.17) is 16.9 Å². The van der Waals surface area contributed by atoms with Crippen LogP contribution in [0.3, 0.4) is 0 Å². The number of nitrogens with zero attached hydrogens (tertiary/aromatic N) is 1. The predicted molar refractivity (Wildman–Crippen MR) is 66.5 cm³/mol. The summed E-state index contributed by atoms with van der Waals surface area (Å²) in [4.78, 5) is 1.06. The molecule has 1 unspecified atom stereocenters. The highest BCUT2D eigenvalue weighted by molar-refractivity contribution is 7.99. The fourth-order valence-corrected chi connectivity index (χ4v) is 2.38. The van der Waals surface area contributed by atoms with Gasteiger partial charge in [-0.3, -0.25) is 0 Å². The lowest BCUT2D eigenvalue weighted by Crippen LogP contribution is -1.99. The van der Waals surface area contributed by atoms with Crippen LogP contribution in [-0.4, -0.2) is 11.6 Å². The lowest BCUT2D eigenvalue weighted by atomic mass is 10.2.